The summed E-state index contributed by atoms with van der Waals surface area (Å²) in [6, 6.07) is 7.79. The topological polar surface area (TPSA) is 74.9 Å². The van der Waals surface area contributed by atoms with Gasteiger partial charge in [0.1, 0.15) is 5.75 Å². The highest BCUT2D eigenvalue weighted by Gasteiger charge is 2.30. The third-order valence-corrected chi connectivity index (χ3v) is 5.82. The van der Waals surface area contributed by atoms with Crippen LogP contribution in [0.2, 0.25) is 0 Å². The highest BCUT2D eigenvalue weighted by atomic mass is 16.5. The van der Waals surface area contributed by atoms with E-state index in [1.54, 1.807) is 13.8 Å². The standard InChI is InChI=1S/C23H31N3O4/c1-6-30-19-10-8-7-9-18(19)26-13-11-25(12-14-26)17(4)22(27)21-15(2)20(16(3)24-21)23(28)29-5/h7-10,17,24H,6,11-14H2,1-5H3/t17-/m1/s1. The van der Waals surface area contributed by atoms with Crippen LogP contribution in [0.4, 0.5) is 5.69 Å². The molecule has 1 fully saturated rings. The van der Waals surface area contributed by atoms with Gasteiger partial charge in [-0.3, -0.25) is 9.69 Å². The molecular weight excluding hydrogens is 382 g/mol. The number of hydrogen-bond donors (Lipinski definition) is 1. The molecule has 162 valence electrons. The first-order chi connectivity index (χ1) is 14.4. The number of aryl methyl sites for hydroxylation is 1. The number of methoxy groups -OCH3 is 1. The fourth-order valence-corrected chi connectivity index (χ4v) is 4.13. The van der Waals surface area contributed by atoms with Crippen LogP contribution in [0, 0.1) is 13.8 Å². The summed E-state index contributed by atoms with van der Waals surface area (Å²) in [6.07, 6.45) is 0. The van der Waals surface area contributed by atoms with Crippen molar-refractivity contribution in [3.8, 4) is 5.75 Å². The number of rotatable bonds is 7. The lowest BCUT2D eigenvalue weighted by atomic mass is 10.0. The second-order valence-electron chi connectivity index (χ2n) is 7.58. The summed E-state index contributed by atoms with van der Waals surface area (Å²) in [5.74, 6) is 0.467. The molecule has 1 saturated heterocycles. The molecule has 1 aliphatic heterocycles. The molecule has 0 unspecified atom stereocenters. The zero-order chi connectivity index (χ0) is 21.8. The van der Waals surface area contributed by atoms with Crippen LogP contribution in [0.25, 0.3) is 0 Å². The maximum absolute atomic E-state index is 13.2. The average molecular weight is 414 g/mol. The quantitative estimate of drug-likeness (QED) is 0.555. The van der Waals surface area contributed by atoms with Crippen LogP contribution in [0.5, 0.6) is 5.75 Å². The Morgan fingerprint density at radius 2 is 1.80 bits per heavy atom. The minimum atomic E-state index is -0.422. The fourth-order valence-electron chi connectivity index (χ4n) is 4.13. The maximum atomic E-state index is 13.2. The zero-order valence-electron chi connectivity index (χ0n) is 18.4. The van der Waals surface area contributed by atoms with Crippen molar-refractivity contribution in [3.05, 3.63) is 46.8 Å². The lowest BCUT2D eigenvalue weighted by Gasteiger charge is -2.39. The van der Waals surface area contributed by atoms with Crippen molar-refractivity contribution in [2.75, 3.05) is 44.8 Å². The summed E-state index contributed by atoms with van der Waals surface area (Å²) < 4.78 is 10.6. The molecule has 1 aliphatic rings. The Kier molecular flexibility index (Phi) is 6.82. The Labute approximate surface area is 178 Å². The minimum absolute atomic E-state index is 0.00563. The van der Waals surface area contributed by atoms with E-state index in [0.29, 0.717) is 29.1 Å². The molecule has 7 nitrogen and oxygen atoms in total. The van der Waals surface area contributed by atoms with Crippen molar-refractivity contribution in [2.24, 2.45) is 0 Å². The number of Topliss-reactive ketones (excluding diaryl/α,β-unsaturated/α-hetero) is 1. The number of aromatic amines is 1. The molecule has 1 atom stereocenters. The number of anilines is 1. The molecule has 30 heavy (non-hydrogen) atoms. The van der Waals surface area contributed by atoms with Crippen LogP contribution in [-0.2, 0) is 4.74 Å². The molecule has 7 heteroatoms. The number of nitrogens with zero attached hydrogens (tertiary/aromatic N) is 2. The second-order valence-corrected chi connectivity index (χ2v) is 7.58. The Morgan fingerprint density at radius 1 is 1.13 bits per heavy atom. The number of benzene rings is 1. The van der Waals surface area contributed by atoms with Crippen molar-refractivity contribution in [1.29, 1.82) is 0 Å². The van der Waals surface area contributed by atoms with Gasteiger partial charge in [0.2, 0.25) is 0 Å². The predicted molar refractivity (Wildman–Crippen MR) is 117 cm³/mol. The summed E-state index contributed by atoms with van der Waals surface area (Å²) in [5, 5.41) is 0. The second kappa shape index (κ2) is 9.34. The Hall–Kier alpha value is -2.80. The summed E-state index contributed by atoms with van der Waals surface area (Å²) >= 11 is 0. The summed E-state index contributed by atoms with van der Waals surface area (Å²) in [5.41, 5.74) is 3.35. The number of carbonyl (C=O) groups excluding carboxylic acids is 2. The molecule has 2 aromatic rings. The number of ether oxygens (including phenoxy) is 2. The predicted octanol–water partition coefficient (Wildman–Crippen LogP) is 3.21. The van der Waals surface area contributed by atoms with E-state index in [9.17, 15) is 9.59 Å². The molecule has 0 radical (unpaired) electrons. The largest absolute Gasteiger partial charge is 0.492 e. The Bertz CT molecular complexity index is 913. The van der Waals surface area contributed by atoms with E-state index in [1.807, 2.05) is 32.0 Å². The van der Waals surface area contributed by atoms with Gasteiger partial charge in [-0.2, -0.15) is 0 Å². The average Bonchev–Trinajstić information content (AvgIpc) is 3.07. The monoisotopic (exact) mass is 413 g/mol. The van der Waals surface area contributed by atoms with E-state index in [4.69, 9.17) is 9.47 Å². The number of aromatic nitrogens is 1. The van der Waals surface area contributed by atoms with Gasteiger partial charge in [-0.1, -0.05) is 12.1 Å². The van der Waals surface area contributed by atoms with Gasteiger partial charge in [0.25, 0.3) is 0 Å². The first kappa shape index (κ1) is 21.9. The number of ketones is 1. The van der Waals surface area contributed by atoms with E-state index >= 15 is 0 Å². The third-order valence-electron chi connectivity index (χ3n) is 5.82. The number of H-pyrrole nitrogens is 1. The summed E-state index contributed by atoms with van der Waals surface area (Å²) in [7, 11) is 1.35. The first-order valence-electron chi connectivity index (χ1n) is 10.4. The Balaban J connectivity index is 1.69. The molecule has 0 amide bonds. The molecule has 0 bridgehead atoms. The number of para-hydroxylation sites is 2. The van der Waals surface area contributed by atoms with E-state index < -0.39 is 5.97 Å². The summed E-state index contributed by atoms with van der Waals surface area (Å²) in [4.78, 5) is 32.8. The van der Waals surface area contributed by atoms with Crippen molar-refractivity contribution in [1.82, 2.24) is 9.88 Å². The lowest BCUT2D eigenvalue weighted by Crippen LogP contribution is -2.52. The fraction of sp³-hybridized carbons (Fsp3) is 0.478. The smallest absolute Gasteiger partial charge is 0.339 e. The van der Waals surface area contributed by atoms with E-state index in [-0.39, 0.29) is 11.8 Å². The third kappa shape index (κ3) is 4.21. The summed E-state index contributed by atoms with van der Waals surface area (Å²) in [6.45, 7) is 11.3. The normalized spacial score (nSPS) is 15.7. The van der Waals surface area contributed by atoms with Gasteiger partial charge in [-0.05, 0) is 45.4 Å². The van der Waals surface area contributed by atoms with Crippen molar-refractivity contribution in [2.45, 2.75) is 33.7 Å². The molecule has 0 spiro atoms. The van der Waals surface area contributed by atoms with Gasteiger partial charge in [-0.25, -0.2) is 4.79 Å². The number of carbonyl (C=O) groups is 2. The van der Waals surface area contributed by atoms with Crippen LogP contribution >= 0.6 is 0 Å². The van der Waals surface area contributed by atoms with Crippen LogP contribution in [0.15, 0.2) is 24.3 Å². The minimum Gasteiger partial charge on any atom is -0.492 e. The maximum Gasteiger partial charge on any atom is 0.339 e. The van der Waals surface area contributed by atoms with Gasteiger partial charge < -0.3 is 19.4 Å². The molecular formula is C23H31N3O4. The van der Waals surface area contributed by atoms with Gasteiger partial charge in [0.05, 0.1) is 36.7 Å². The Morgan fingerprint density at radius 3 is 2.43 bits per heavy atom. The van der Waals surface area contributed by atoms with Gasteiger partial charge in [0.15, 0.2) is 5.78 Å². The molecule has 1 N–H and O–H groups in total. The van der Waals surface area contributed by atoms with E-state index in [2.05, 4.69) is 20.9 Å². The highest BCUT2D eigenvalue weighted by Crippen LogP contribution is 2.29. The number of piperazine rings is 1. The molecule has 1 aromatic carbocycles. The molecule has 0 aliphatic carbocycles. The van der Waals surface area contributed by atoms with Gasteiger partial charge in [-0.15, -0.1) is 0 Å². The van der Waals surface area contributed by atoms with Gasteiger partial charge >= 0.3 is 5.97 Å². The number of nitrogens with one attached hydrogen (secondary N) is 1. The molecule has 0 saturated carbocycles. The van der Waals surface area contributed by atoms with E-state index in [0.717, 1.165) is 37.6 Å². The van der Waals surface area contributed by atoms with Crippen LogP contribution < -0.4 is 9.64 Å². The molecule has 3 rings (SSSR count). The van der Waals surface area contributed by atoms with Crippen LogP contribution in [0.1, 0.15) is 46.0 Å². The number of esters is 1. The number of hydrogen-bond acceptors (Lipinski definition) is 6. The highest BCUT2D eigenvalue weighted by molar-refractivity contribution is 6.03. The van der Waals surface area contributed by atoms with Crippen LogP contribution in [-0.4, -0.2) is 67.6 Å². The van der Waals surface area contributed by atoms with Crippen molar-refractivity contribution < 1.29 is 19.1 Å². The van der Waals surface area contributed by atoms with Gasteiger partial charge in [0, 0.05) is 31.9 Å². The van der Waals surface area contributed by atoms with Crippen molar-refractivity contribution >= 4 is 17.4 Å². The lowest BCUT2D eigenvalue weighted by molar-refractivity contribution is 0.0599. The zero-order valence-corrected chi connectivity index (χ0v) is 18.4. The molecule has 1 aromatic heterocycles. The van der Waals surface area contributed by atoms with E-state index in [1.165, 1.54) is 7.11 Å². The van der Waals surface area contributed by atoms with Crippen molar-refractivity contribution in [3.63, 3.8) is 0 Å². The SMILES string of the molecule is CCOc1ccccc1N1CCN([C@H](C)C(=O)c2[nH]c(C)c(C(=O)OC)c2C)CC1. The molecule has 2 heterocycles. The first-order valence-corrected chi connectivity index (χ1v) is 10.4. The van der Waals surface area contributed by atoms with Crippen LogP contribution in [0.3, 0.4) is 0 Å².